The maximum atomic E-state index is 13.8. The number of ketones is 1. The van der Waals surface area contributed by atoms with Crippen molar-refractivity contribution in [2.24, 2.45) is 0 Å². The summed E-state index contributed by atoms with van der Waals surface area (Å²) in [6.07, 6.45) is 5.84. The van der Waals surface area contributed by atoms with Crippen molar-refractivity contribution in [2.45, 2.75) is 96.6 Å². The quantitative estimate of drug-likeness (QED) is 0.267. The Morgan fingerprint density at radius 2 is 1.93 bits per heavy atom. The van der Waals surface area contributed by atoms with Crippen LogP contribution in [0, 0.1) is 5.41 Å². The fourth-order valence-corrected chi connectivity index (χ4v) is 5.82. The molecule has 3 aliphatic rings. The Labute approximate surface area is 237 Å². The molecule has 1 aromatic carbocycles. The van der Waals surface area contributed by atoms with E-state index >= 15 is 0 Å². The lowest BCUT2D eigenvalue weighted by Gasteiger charge is -2.32. The number of anilines is 1. The van der Waals surface area contributed by atoms with Gasteiger partial charge in [0.2, 0.25) is 0 Å². The SMILES string of the molecule is CC1CCCN1c1cc(C(=O)CN2Cc3ccc(C4CC4)nc3C2=N)cc(C(C)(C)C)c1OCCCCC(=O)O. The number of ether oxygens (including phenoxy) is 1. The average molecular weight is 547 g/mol. The second kappa shape index (κ2) is 11.2. The standard InChI is InChI=1S/C32H42N4O4/c1-20-8-7-14-36(20)26-17-23(16-24(32(2,3)4)30(26)40-15-6-5-9-28(38)39)27(37)19-35-18-22-12-13-25(21-10-11-21)34-29(22)31(35)33/h12-13,16-17,20-21,33H,5-11,14-15,18-19H2,1-4H3,(H,38,39). The van der Waals surface area contributed by atoms with Gasteiger partial charge in [-0.2, -0.15) is 0 Å². The molecule has 40 heavy (non-hydrogen) atoms. The monoisotopic (exact) mass is 546 g/mol. The molecule has 1 atom stereocenters. The van der Waals surface area contributed by atoms with Crippen LogP contribution in [0.25, 0.3) is 0 Å². The summed E-state index contributed by atoms with van der Waals surface area (Å²) in [6, 6.07) is 8.43. The molecule has 0 spiro atoms. The fraction of sp³-hybridized carbons (Fsp3) is 0.562. The number of carbonyl (C=O) groups excluding carboxylic acids is 1. The number of aliphatic carboxylic acids is 1. The first kappa shape index (κ1) is 28.1. The number of rotatable bonds is 11. The number of aromatic nitrogens is 1. The predicted octanol–water partition coefficient (Wildman–Crippen LogP) is 5.90. The summed E-state index contributed by atoms with van der Waals surface area (Å²) in [5.41, 5.74) is 5.06. The molecule has 1 saturated heterocycles. The normalized spacial score (nSPS) is 18.8. The second-order valence-electron chi connectivity index (χ2n) is 12.7. The van der Waals surface area contributed by atoms with E-state index in [9.17, 15) is 9.59 Å². The average Bonchev–Trinajstić information content (AvgIpc) is 3.59. The van der Waals surface area contributed by atoms with Crippen molar-refractivity contribution in [2.75, 3.05) is 24.6 Å². The van der Waals surface area contributed by atoms with Gasteiger partial charge in [-0.3, -0.25) is 15.0 Å². The molecule has 1 aromatic heterocycles. The fourth-order valence-electron chi connectivity index (χ4n) is 5.82. The van der Waals surface area contributed by atoms with E-state index in [0.717, 1.165) is 60.5 Å². The highest BCUT2D eigenvalue weighted by atomic mass is 16.5. The van der Waals surface area contributed by atoms with Gasteiger partial charge in [0.15, 0.2) is 5.78 Å². The largest absolute Gasteiger partial charge is 0.491 e. The van der Waals surface area contributed by atoms with Gasteiger partial charge in [0.25, 0.3) is 0 Å². The van der Waals surface area contributed by atoms with Crippen LogP contribution in [0.2, 0.25) is 0 Å². The van der Waals surface area contributed by atoms with Gasteiger partial charge in [0, 0.05) is 53.9 Å². The first-order valence-electron chi connectivity index (χ1n) is 14.7. The number of hydrogen-bond donors (Lipinski definition) is 2. The number of benzene rings is 1. The van der Waals surface area contributed by atoms with E-state index in [4.69, 9.17) is 20.2 Å². The molecule has 5 rings (SSSR count). The van der Waals surface area contributed by atoms with E-state index < -0.39 is 5.97 Å². The van der Waals surface area contributed by atoms with E-state index in [-0.39, 0.29) is 24.2 Å². The molecule has 2 aliphatic heterocycles. The van der Waals surface area contributed by atoms with Crippen molar-refractivity contribution >= 4 is 23.3 Å². The summed E-state index contributed by atoms with van der Waals surface area (Å²) < 4.78 is 6.40. The van der Waals surface area contributed by atoms with Crippen LogP contribution >= 0.6 is 0 Å². The highest BCUT2D eigenvalue weighted by Gasteiger charge is 2.33. The first-order chi connectivity index (χ1) is 19.0. The van der Waals surface area contributed by atoms with E-state index in [1.54, 1.807) is 0 Å². The number of amidine groups is 1. The maximum absolute atomic E-state index is 13.8. The van der Waals surface area contributed by atoms with Crippen LogP contribution in [0.4, 0.5) is 5.69 Å². The molecule has 1 unspecified atom stereocenters. The molecule has 2 N–H and O–H groups in total. The first-order valence-corrected chi connectivity index (χ1v) is 14.7. The van der Waals surface area contributed by atoms with Crippen molar-refractivity contribution in [3.8, 4) is 5.75 Å². The van der Waals surface area contributed by atoms with Gasteiger partial charge < -0.3 is 19.6 Å². The summed E-state index contributed by atoms with van der Waals surface area (Å²) in [5, 5.41) is 17.8. The third-order valence-electron chi connectivity index (χ3n) is 8.33. The lowest BCUT2D eigenvalue weighted by molar-refractivity contribution is -0.137. The van der Waals surface area contributed by atoms with Crippen molar-refractivity contribution in [1.29, 1.82) is 5.41 Å². The van der Waals surface area contributed by atoms with Crippen LogP contribution in [0.1, 0.15) is 111 Å². The Bertz CT molecular complexity index is 1310. The number of hydrogen-bond acceptors (Lipinski definition) is 6. The molecule has 2 fully saturated rings. The summed E-state index contributed by atoms with van der Waals surface area (Å²) in [7, 11) is 0. The summed E-state index contributed by atoms with van der Waals surface area (Å²) in [5.74, 6) is 0.835. The minimum Gasteiger partial charge on any atom is -0.491 e. The Kier molecular flexibility index (Phi) is 7.89. The Morgan fingerprint density at radius 3 is 2.58 bits per heavy atom. The number of carbonyl (C=O) groups is 2. The van der Waals surface area contributed by atoms with Crippen LogP contribution < -0.4 is 9.64 Å². The Hall–Kier alpha value is -3.42. The highest BCUT2D eigenvalue weighted by molar-refractivity contribution is 6.05. The van der Waals surface area contributed by atoms with Crippen LogP contribution in [-0.4, -0.2) is 58.3 Å². The second-order valence-corrected chi connectivity index (χ2v) is 12.7. The van der Waals surface area contributed by atoms with Crippen molar-refractivity contribution in [3.63, 3.8) is 0 Å². The lowest BCUT2D eigenvalue weighted by atomic mass is 9.84. The van der Waals surface area contributed by atoms with Gasteiger partial charge in [-0.1, -0.05) is 26.8 Å². The van der Waals surface area contributed by atoms with Gasteiger partial charge in [0.05, 0.1) is 18.8 Å². The zero-order valence-corrected chi connectivity index (χ0v) is 24.3. The number of nitrogens with one attached hydrogen (secondary N) is 1. The number of pyridine rings is 1. The summed E-state index contributed by atoms with van der Waals surface area (Å²) in [4.78, 5) is 33.7. The van der Waals surface area contributed by atoms with E-state index in [1.807, 2.05) is 17.0 Å². The molecule has 214 valence electrons. The summed E-state index contributed by atoms with van der Waals surface area (Å²) in [6.45, 7) is 10.6. The summed E-state index contributed by atoms with van der Waals surface area (Å²) >= 11 is 0. The van der Waals surface area contributed by atoms with Crippen LogP contribution in [0.15, 0.2) is 24.3 Å². The number of carboxylic acids is 1. The molecule has 8 nitrogen and oxygen atoms in total. The molecule has 0 radical (unpaired) electrons. The van der Waals surface area contributed by atoms with Gasteiger partial charge >= 0.3 is 5.97 Å². The zero-order valence-electron chi connectivity index (χ0n) is 24.3. The number of unbranched alkanes of at least 4 members (excludes halogenated alkanes) is 1. The minimum atomic E-state index is -0.793. The van der Waals surface area contributed by atoms with Crippen molar-refractivity contribution in [1.82, 2.24) is 9.88 Å². The van der Waals surface area contributed by atoms with Gasteiger partial charge in [-0.05, 0) is 69.1 Å². The topological polar surface area (TPSA) is 107 Å². The van der Waals surface area contributed by atoms with E-state index in [2.05, 4.69) is 44.7 Å². The number of carboxylic acid groups (broad SMARTS) is 1. The van der Waals surface area contributed by atoms with Crippen LogP contribution in [0.3, 0.4) is 0 Å². The molecule has 0 amide bonds. The smallest absolute Gasteiger partial charge is 0.303 e. The molecule has 2 aromatic rings. The highest BCUT2D eigenvalue weighted by Crippen LogP contribution is 2.43. The van der Waals surface area contributed by atoms with Crippen LogP contribution in [0.5, 0.6) is 5.75 Å². The maximum Gasteiger partial charge on any atom is 0.303 e. The lowest BCUT2D eigenvalue weighted by Crippen LogP contribution is -2.32. The zero-order chi connectivity index (χ0) is 28.6. The van der Waals surface area contributed by atoms with E-state index in [0.29, 0.717) is 55.0 Å². The molecular weight excluding hydrogens is 504 g/mol. The molecule has 0 bridgehead atoms. The molecular formula is C32H42N4O4. The number of Topliss-reactive ketones (excluding diaryl/α,β-unsaturated/α-hetero) is 1. The molecule has 1 aliphatic carbocycles. The Morgan fingerprint density at radius 1 is 1.15 bits per heavy atom. The Balaban J connectivity index is 1.41. The third kappa shape index (κ3) is 6.01. The van der Waals surface area contributed by atoms with Crippen LogP contribution in [-0.2, 0) is 16.8 Å². The number of fused-ring (bicyclic) bond motifs is 1. The van der Waals surface area contributed by atoms with Gasteiger partial charge in [-0.15, -0.1) is 0 Å². The van der Waals surface area contributed by atoms with Crippen molar-refractivity contribution in [3.05, 3.63) is 52.3 Å². The van der Waals surface area contributed by atoms with Gasteiger partial charge in [-0.25, -0.2) is 4.98 Å². The molecule has 1 saturated carbocycles. The number of nitrogens with zero attached hydrogens (tertiary/aromatic N) is 3. The van der Waals surface area contributed by atoms with E-state index in [1.165, 1.54) is 0 Å². The third-order valence-corrected chi connectivity index (χ3v) is 8.33. The predicted molar refractivity (Wildman–Crippen MR) is 156 cm³/mol. The minimum absolute atomic E-state index is 0.0217. The molecule has 3 heterocycles. The van der Waals surface area contributed by atoms with Crippen molar-refractivity contribution < 1.29 is 19.4 Å². The van der Waals surface area contributed by atoms with Gasteiger partial charge in [0.1, 0.15) is 17.3 Å². The molecule has 8 heteroatoms.